The fourth-order valence-corrected chi connectivity index (χ4v) is 2.55. The number of ether oxygens (including phenoxy) is 1. The molecule has 0 saturated carbocycles. The largest absolute Gasteiger partial charge is 0.484 e. The fraction of sp³-hybridized carbons (Fsp3) is 0.150. The van der Waals surface area contributed by atoms with Crippen LogP contribution < -0.4 is 21.0 Å². The Hall–Kier alpha value is -3.75. The summed E-state index contributed by atoms with van der Waals surface area (Å²) in [6, 6.07) is 9.10. The van der Waals surface area contributed by atoms with Gasteiger partial charge >= 0.3 is 5.63 Å². The molecule has 3 rings (SSSR count). The molecule has 0 aliphatic heterocycles. The van der Waals surface area contributed by atoms with Crippen molar-refractivity contribution in [3.05, 3.63) is 70.1 Å². The number of carbonyl (C=O) groups excluding carboxylic acids is 2. The SMILES string of the molecule is Cc1cc(=O)oc2cc(OCC(=O)NCC(=O)Nc3ccc(F)c(F)c3)ccc12. The molecule has 0 unspecified atom stereocenters. The summed E-state index contributed by atoms with van der Waals surface area (Å²) >= 11 is 0. The van der Waals surface area contributed by atoms with Crippen molar-refractivity contribution in [3.8, 4) is 5.75 Å². The first-order chi connectivity index (χ1) is 13.8. The highest BCUT2D eigenvalue weighted by Gasteiger charge is 2.10. The zero-order valence-electron chi connectivity index (χ0n) is 15.3. The predicted octanol–water partition coefficient (Wildman–Crippen LogP) is 2.51. The predicted molar refractivity (Wildman–Crippen MR) is 101 cm³/mol. The average molecular weight is 402 g/mol. The summed E-state index contributed by atoms with van der Waals surface area (Å²) < 4.78 is 36.4. The third-order valence-electron chi connectivity index (χ3n) is 3.94. The summed E-state index contributed by atoms with van der Waals surface area (Å²) in [5.41, 5.74) is 0.663. The summed E-state index contributed by atoms with van der Waals surface area (Å²) in [6.07, 6.45) is 0. The number of hydrogen-bond donors (Lipinski definition) is 2. The van der Waals surface area contributed by atoms with Crippen molar-refractivity contribution in [1.82, 2.24) is 5.32 Å². The molecule has 0 radical (unpaired) electrons. The average Bonchev–Trinajstić information content (AvgIpc) is 2.67. The van der Waals surface area contributed by atoms with Gasteiger partial charge in [-0.1, -0.05) is 0 Å². The van der Waals surface area contributed by atoms with Gasteiger partial charge in [0.1, 0.15) is 11.3 Å². The maximum atomic E-state index is 13.1. The van der Waals surface area contributed by atoms with Gasteiger partial charge in [0.15, 0.2) is 18.2 Å². The molecule has 0 aliphatic carbocycles. The molecule has 2 amide bonds. The van der Waals surface area contributed by atoms with Gasteiger partial charge in [-0.25, -0.2) is 13.6 Å². The lowest BCUT2D eigenvalue weighted by molar-refractivity contribution is -0.125. The summed E-state index contributed by atoms with van der Waals surface area (Å²) in [7, 11) is 0. The monoisotopic (exact) mass is 402 g/mol. The molecule has 1 heterocycles. The third-order valence-corrected chi connectivity index (χ3v) is 3.94. The van der Waals surface area contributed by atoms with Crippen molar-refractivity contribution in [2.75, 3.05) is 18.5 Å². The molecular formula is C20H16F2N2O5. The Morgan fingerprint density at radius 2 is 1.83 bits per heavy atom. The summed E-state index contributed by atoms with van der Waals surface area (Å²) in [4.78, 5) is 35.1. The molecule has 0 atom stereocenters. The zero-order valence-corrected chi connectivity index (χ0v) is 15.3. The molecule has 0 aliphatic rings. The van der Waals surface area contributed by atoms with Crippen LogP contribution in [0.3, 0.4) is 0 Å². The van der Waals surface area contributed by atoms with Crippen LogP contribution in [0.4, 0.5) is 14.5 Å². The zero-order chi connectivity index (χ0) is 21.0. The lowest BCUT2D eigenvalue weighted by atomic mass is 10.1. The van der Waals surface area contributed by atoms with Crippen LogP contribution in [-0.2, 0) is 9.59 Å². The third kappa shape index (κ3) is 5.16. The van der Waals surface area contributed by atoms with E-state index >= 15 is 0 Å². The van der Waals surface area contributed by atoms with E-state index in [2.05, 4.69) is 10.6 Å². The minimum absolute atomic E-state index is 0.0624. The van der Waals surface area contributed by atoms with Gasteiger partial charge in [-0.3, -0.25) is 9.59 Å². The molecule has 0 spiro atoms. The minimum atomic E-state index is -1.10. The topological polar surface area (TPSA) is 97.6 Å². The van der Waals surface area contributed by atoms with Crippen LogP contribution in [-0.4, -0.2) is 25.0 Å². The van der Waals surface area contributed by atoms with E-state index < -0.39 is 29.1 Å². The van der Waals surface area contributed by atoms with E-state index in [1.165, 1.54) is 18.2 Å². The normalized spacial score (nSPS) is 10.6. The van der Waals surface area contributed by atoms with E-state index in [-0.39, 0.29) is 18.8 Å². The second-order valence-corrected chi connectivity index (χ2v) is 6.15. The molecule has 9 heteroatoms. The van der Waals surface area contributed by atoms with Crippen LogP contribution in [0, 0.1) is 18.6 Å². The summed E-state index contributed by atoms with van der Waals surface area (Å²) in [5.74, 6) is -3.01. The van der Waals surface area contributed by atoms with Crippen LogP contribution in [0.1, 0.15) is 5.56 Å². The van der Waals surface area contributed by atoms with Crippen LogP contribution in [0.2, 0.25) is 0 Å². The van der Waals surface area contributed by atoms with Crippen LogP contribution in [0.5, 0.6) is 5.75 Å². The quantitative estimate of drug-likeness (QED) is 0.618. The highest BCUT2D eigenvalue weighted by Crippen LogP contribution is 2.22. The van der Waals surface area contributed by atoms with Crippen molar-refractivity contribution in [2.24, 2.45) is 0 Å². The van der Waals surface area contributed by atoms with E-state index in [0.29, 0.717) is 11.3 Å². The number of rotatable bonds is 6. The molecule has 7 nitrogen and oxygen atoms in total. The van der Waals surface area contributed by atoms with Crippen LogP contribution in [0.25, 0.3) is 11.0 Å². The summed E-state index contributed by atoms with van der Waals surface area (Å²) in [6.45, 7) is 1.02. The van der Waals surface area contributed by atoms with Crippen molar-refractivity contribution in [1.29, 1.82) is 0 Å². The first-order valence-corrected chi connectivity index (χ1v) is 8.51. The van der Waals surface area contributed by atoms with Crippen molar-refractivity contribution in [3.63, 3.8) is 0 Å². The molecule has 0 saturated heterocycles. The highest BCUT2D eigenvalue weighted by molar-refractivity contribution is 5.94. The second kappa shape index (κ2) is 8.51. The Morgan fingerprint density at radius 3 is 2.59 bits per heavy atom. The number of amides is 2. The maximum absolute atomic E-state index is 13.1. The number of halogens is 2. The van der Waals surface area contributed by atoms with Gasteiger partial charge in [0.25, 0.3) is 5.91 Å². The Balaban J connectivity index is 1.50. The summed E-state index contributed by atoms with van der Waals surface area (Å²) in [5, 5.41) is 5.41. The van der Waals surface area contributed by atoms with Gasteiger partial charge in [0, 0.05) is 29.3 Å². The van der Waals surface area contributed by atoms with Crippen LogP contribution in [0.15, 0.2) is 51.7 Å². The molecule has 0 bridgehead atoms. The lowest BCUT2D eigenvalue weighted by Gasteiger charge is -2.09. The number of nitrogens with one attached hydrogen (secondary N) is 2. The van der Waals surface area contributed by atoms with E-state index in [9.17, 15) is 23.2 Å². The smallest absolute Gasteiger partial charge is 0.336 e. The minimum Gasteiger partial charge on any atom is -0.484 e. The van der Waals surface area contributed by atoms with Crippen LogP contribution >= 0.6 is 0 Å². The van der Waals surface area contributed by atoms with Gasteiger partial charge in [0.2, 0.25) is 5.91 Å². The maximum Gasteiger partial charge on any atom is 0.336 e. The molecule has 3 aromatic rings. The second-order valence-electron chi connectivity index (χ2n) is 6.15. The van der Waals surface area contributed by atoms with Crippen molar-refractivity contribution in [2.45, 2.75) is 6.92 Å². The number of aryl methyl sites for hydroxylation is 1. The Morgan fingerprint density at radius 1 is 1.03 bits per heavy atom. The lowest BCUT2D eigenvalue weighted by Crippen LogP contribution is -2.35. The van der Waals surface area contributed by atoms with Gasteiger partial charge in [-0.2, -0.15) is 0 Å². The van der Waals surface area contributed by atoms with Gasteiger partial charge in [-0.05, 0) is 36.8 Å². The number of benzene rings is 2. The first-order valence-electron chi connectivity index (χ1n) is 8.51. The molecule has 29 heavy (non-hydrogen) atoms. The number of carbonyl (C=O) groups is 2. The number of hydrogen-bond acceptors (Lipinski definition) is 5. The van der Waals surface area contributed by atoms with E-state index in [4.69, 9.17) is 9.15 Å². The molecule has 0 fully saturated rings. The Labute approximate surface area is 163 Å². The van der Waals surface area contributed by atoms with E-state index in [1.54, 1.807) is 19.1 Å². The van der Waals surface area contributed by atoms with Crippen molar-refractivity contribution >= 4 is 28.5 Å². The fourth-order valence-electron chi connectivity index (χ4n) is 2.55. The molecule has 2 N–H and O–H groups in total. The van der Waals surface area contributed by atoms with Gasteiger partial charge in [0.05, 0.1) is 6.54 Å². The van der Waals surface area contributed by atoms with E-state index in [1.807, 2.05) is 0 Å². The van der Waals surface area contributed by atoms with Gasteiger partial charge < -0.3 is 19.8 Å². The highest BCUT2D eigenvalue weighted by atomic mass is 19.2. The standard InChI is InChI=1S/C20H16F2N2O5/c1-11-6-20(27)29-17-8-13(3-4-14(11)17)28-10-19(26)23-9-18(25)24-12-2-5-15(21)16(22)7-12/h2-8H,9-10H2,1H3,(H,23,26)(H,24,25). The Bertz CT molecular complexity index is 1140. The number of anilines is 1. The molecule has 150 valence electrons. The first kappa shape index (κ1) is 20.0. The Kier molecular flexibility index (Phi) is 5.87. The van der Waals surface area contributed by atoms with Crippen molar-refractivity contribution < 1.29 is 27.5 Å². The van der Waals surface area contributed by atoms with E-state index in [0.717, 1.165) is 23.1 Å². The number of fused-ring (bicyclic) bond motifs is 1. The molecular weight excluding hydrogens is 386 g/mol. The molecule has 2 aromatic carbocycles. The molecule has 1 aromatic heterocycles. The van der Waals surface area contributed by atoms with Gasteiger partial charge in [-0.15, -0.1) is 0 Å².